The van der Waals surface area contributed by atoms with Gasteiger partial charge in [0.05, 0.1) is 0 Å². The van der Waals surface area contributed by atoms with E-state index < -0.39 is 7.66 Å². The van der Waals surface area contributed by atoms with E-state index in [1.807, 2.05) is 127 Å². The minimum Gasteiger partial charge on any atom is -0.453 e. The summed E-state index contributed by atoms with van der Waals surface area (Å²) in [4.78, 5) is 0. The molecule has 308 valence electrons. The molecule has 0 spiro atoms. The van der Waals surface area contributed by atoms with Crippen LogP contribution < -0.4 is 50.9 Å². The van der Waals surface area contributed by atoms with Crippen LogP contribution in [0.3, 0.4) is 0 Å². The first-order valence-corrected chi connectivity index (χ1v) is 22.6. The fourth-order valence-electron chi connectivity index (χ4n) is 6.33. The molecule has 16 heteroatoms. The van der Waals surface area contributed by atoms with Crippen molar-refractivity contribution in [3.05, 3.63) is 156 Å². The van der Waals surface area contributed by atoms with Crippen LogP contribution in [0.15, 0.2) is 147 Å². The third-order valence-electron chi connectivity index (χ3n) is 9.09. The van der Waals surface area contributed by atoms with Crippen LogP contribution in [0, 0.1) is 0 Å². The number of hydrogen-bond acceptors (Lipinski definition) is 13. The minimum absolute atomic E-state index is 0.142. The Balaban J connectivity index is 1.55. The lowest BCUT2D eigenvalue weighted by Crippen LogP contribution is -2.08. The largest absolute Gasteiger partial charge is 0.460 e. The van der Waals surface area contributed by atoms with Gasteiger partial charge in [0.25, 0.3) is 0 Å². The van der Waals surface area contributed by atoms with Gasteiger partial charge in [0, 0.05) is 6.07 Å². The van der Waals surface area contributed by atoms with Gasteiger partial charge < -0.3 is 50.9 Å². The number of ether oxygens (including phenoxy) is 4. The van der Waals surface area contributed by atoms with E-state index in [0.717, 1.165) is 22.3 Å². The van der Waals surface area contributed by atoms with Crippen LogP contribution in [0.25, 0.3) is 0 Å². The highest BCUT2D eigenvalue weighted by Gasteiger charge is 2.35. The zero-order valence-corrected chi connectivity index (χ0v) is 35.5. The maximum atomic E-state index is 7.06. The molecule has 1 aliphatic rings. The highest BCUT2D eigenvalue weighted by molar-refractivity contribution is 7.65. The second-order valence-corrected chi connectivity index (χ2v) is 17.1. The zero-order chi connectivity index (χ0) is 41.6. The van der Waals surface area contributed by atoms with Crippen molar-refractivity contribution in [2.75, 3.05) is 26.2 Å². The highest BCUT2D eigenvalue weighted by atomic mass is 31.2. The summed E-state index contributed by atoms with van der Waals surface area (Å²) < 4.78 is 55.3. The molecule has 0 saturated carbocycles. The van der Waals surface area contributed by atoms with Gasteiger partial charge >= 0.3 is 7.66 Å². The van der Waals surface area contributed by atoms with Gasteiger partial charge in [-0.2, -0.15) is 4.52 Å². The van der Waals surface area contributed by atoms with E-state index in [-0.39, 0.29) is 28.7 Å². The molecule has 1 heterocycles. The molecule has 6 aromatic carbocycles. The molecule has 1 atom stereocenters. The van der Waals surface area contributed by atoms with Crippen LogP contribution in [-0.2, 0) is 25.7 Å². The predicted octanol–water partition coefficient (Wildman–Crippen LogP) is 11.4. The van der Waals surface area contributed by atoms with Gasteiger partial charge in [-0.15, -0.1) is 9.03 Å². The van der Waals surface area contributed by atoms with Gasteiger partial charge in [0.15, 0.2) is 28.5 Å². The zero-order valence-electron chi connectivity index (χ0n) is 32.8. The number of nitrogens with two attached hydrogens (primary N) is 4. The van der Waals surface area contributed by atoms with Crippen LogP contribution in [0.2, 0.25) is 0 Å². The molecule has 0 saturated heterocycles. The van der Waals surface area contributed by atoms with E-state index in [1.54, 1.807) is 6.07 Å². The van der Waals surface area contributed by atoms with E-state index >= 15 is 0 Å². The van der Waals surface area contributed by atoms with Gasteiger partial charge in [-0.05, 0) is 111 Å². The third kappa shape index (κ3) is 10.6. The summed E-state index contributed by atoms with van der Waals surface area (Å²) in [6.45, 7) is 1.58. The quantitative estimate of drug-likeness (QED) is 0.0536. The van der Waals surface area contributed by atoms with Crippen molar-refractivity contribution in [1.29, 1.82) is 0 Å². The molecule has 7 rings (SSSR count). The molecular formula is C44H46N7O6P3. The number of benzene rings is 6. The SMILES string of the molecule is NCCc1ccccc1Oc1cc(OP2(Oc3ccccc3)=NP=NP=N2)c(Oc2ccccc2CCN)c(Oc2ccccc2CCN)c1Oc1ccccc1CCN. The highest BCUT2D eigenvalue weighted by Crippen LogP contribution is 2.64. The Morgan fingerprint density at radius 2 is 0.833 bits per heavy atom. The molecule has 6 aromatic rings. The summed E-state index contributed by atoms with van der Waals surface area (Å²) in [5, 5.41) is 0. The number of para-hydroxylation sites is 5. The average Bonchev–Trinajstić information content (AvgIpc) is 3.27. The fourth-order valence-corrected chi connectivity index (χ4v) is 10.1. The summed E-state index contributed by atoms with van der Waals surface area (Å²) >= 11 is 0. The maximum absolute atomic E-state index is 7.06. The molecule has 0 aromatic heterocycles. The van der Waals surface area contributed by atoms with Crippen molar-refractivity contribution >= 4 is 24.7 Å². The van der Waals surface area contributed by atoms with Gasteiger partial charge in [0.1, 0.15) is 28.7 Å². The number of nitrogens with zero attached hydrogens (tertiary/aromatic N) is 3. The smallest absolute Gasteiger partial charge is 0.453 e. The normalized spacial score (nSPS) is 14.8. The van der Waals surface area contributed by atoms with Crippen LogP contribution in [0.5, 0.6) is 57.5 Å². The van der Waals surface area contributed by atoms with Crippen molar-refractivity contribution in [1.82, 2.24) is 0 Å². The molecule has 13 nitrogen and oxygen atoms in total. The van der Waals surface area contributed by atoms with Crippen molar-refractivity contribution < 1.29 is 28.0 Å². The Hall–Kier alpha value is -5.61. The van der Waals surface area contributed by atoms with Crippen LogP contribution in [0.1, 0.15) is 22.3 Å². The number of rotatable bonds is 20. The Morgan fingerprint density at radius 1 is 0.417 bits per heavy atom. The molecule has 1 unspecified atom stereocenters. The average molecular weight is 862 g/mol. The Morgan fingerprint density at radius 3 is 1.28 bits per heavy atom. The lowest BCUT2D eigenvalue weighted by molar-refractivity contribution is 0.351. The Bertz CT molecular complexity index is 2510. The third-order valence-corrected chi connectivity index (χ3v) is 13.1. The second-order valence-electron chi connectivity index (χ2n) is 13.3. The molecule has 8 N–H and O–H groups in total. The summed E-state index contributed by atoms with van der Waals surface area (Å²) in [7, 11) is -2.72. The van der Waals surface area contributed by atoms with E-state index in [9.17, 15) is 0 Å². The summed E-state index contributed by atoms with van der Waals surface area (Å²) in [6.07, 6.45) is 2.18. The van der Waals surface area contributed by atoms with Crippen LogP contribution >= 0.6 is 24.7 Å². The first-order valence-electron chi connectivity index (χ1n) is 19.5. The van der Waals surface area contributed by atoms with Gasteiger partial charge in [-0.3, -0.25) is 0 Å². The van der Waals surface area contributed by atoms with E-state index in [2.05, 4.69) is 4.52 Å². The van der Waals surface area contributed by atoms with Crippen LogP contribution in [0.4, 0.5) is 0 Å². The van der Waals surface area contributed by atoms with Crippen molar-refractivity contribution in [2.45, 2.75) is 25.7 Å². The maximum Gasteiger partial charge on any atom is 0.460 e. The van der Waals surface area contributed by atoms with Gasteiger partial charge in [-0.1, -0.05) is 91.0 Å². The molecule has 0 bridgehead atoms. The lowest BCUT2D eigenvalue weighted by Gasteiger charge is -2.26. The molecule has 0 radical (unpaired) electrons. The first-order chi connectivity index (χ1) is 29.5. The molecule has 60 heavy (non-hydrogen) atoms. The predicted molar refractivity (Wildman–Crippen MR) is 239 cm³/mol. The molecule has 0 fully saturated rings. The van der Waals surface area contributed by atoms with Crippen molar-refractivity contribution in [3.8, 4) is 57.5 Å². The summed E-state index contributed by atoms with van der Waals surface area (Å²) in [6, 6.07) is 41.6. The standard InChI is InChI=1S/C44H46N7O6P3/c45-26-22-31-12-4-8-18-36(31)52-40-30-41(57-60(50-58-49-59-51-60)56-35-16-2-1-3-17-35)43(54-38-20-10-6-14-33(38)24-28-47)44(55-39-21-11-7-15-34(39)25-29-48)42(40)53-37-19-9-5-13-32(37)23-27-46/h1-21,30H,22-29,45-48H2. The van der Waals surface area contributed by atoms with Crippen molar-refractivity contribution in [3.63, 3.8) is 0 Å². The monoisotopic (exact) mass is 861 g/mol. The summed E-state index contributed by atoms with van der Waals surface area (Å²) in [5.41, 5.74) is 27.9. The van der Waals surface area contributed by atoms with E-state index in [4.69, 9.17) is 60.0 Å². The lowest BCUT2D eigenvalue weighted by atomic mass is 10.1. The minimum atomic E-state index is -3.50. The molecule has 0 aliphatic carbocycles. The van der Waals surface area contributed by atoms with Gasteiger partial charge in [0.2, 0.25) is 17.2 Å². The number of hydrogen-bond donors (Lipinski definition) is 4. The molecular weight excluding hydrogens is 815 g/mol. The topological polar surface area (TPSA) is 197 Å². The summed E-state index contributed by atoms with van der Waals surface area (Å²) in [5.74, 6) is 3.52. The van der Waals surface area contributed by atoms with E-state index in [0.29, 0.717) is 97.7 Å². The molecule has 1 aliphatic heterocycles. The Kier molecular flexibility index (Phi) is 14.9. The van der Waals surface area contributed by atoms with Crippen molar-refractivity contribution in [2.24, 2.45) is 36.5 Å². The molecule has 0 amide bonds. The van der Waals surface area contributed by atoms with Crippen LogP contribution in [-0.4, -0.2) is 26.2 Å². The Labute approximate surface area is 353 Å². The van der Waals surface area contributed by atoms with E-state index in [1.165, 1.54) is 0 Å². The van der Waals surface area contributed by atoms with Gasteiger partial charge in [-0.25, -0.2) is 0 Å². The second kappa shape index (κ2) is 21.1. The fraction of sp³-hybridized carbons (Fsp3) is 0.182. The first kappa shape index (κ1) is 42.5.